The Bertz CT molecular complexity index is 536. The van der Waals surface area contributed by atoms with E-state index in [2.05, 4.69) is 5.32 Å². The van der Waals surface area contributed by atoms with Gasteiger partial charge in [-0.25, -0.2) is 4.79 Å². The van der Waals surface area contributed by atoms with E-state index in [0.717, 1.165) is 5.56 Å². The van der Waals surface area contributed by atoms with Gasteiger partial charge in [0.15, 0.2) is 0 Å². The number of hydrogen-bond donors (Lipinski definition) is 3. The molecule has 0 saturated carbocycles. The summed E-state index contributed by atoms with van der Waals surface area (Å²) in [5.74, 6) is -1.43. The molecular formula is C14H18N2O4. The Morgan fingerprint density at radius 3 is 2.55 bits per heavy atom. The maximum atomic E-state index is 12.2. The molecule has 1 saturated heterocycles. The molecule has 0 atom stereocenters. The Labute approximate surface area is 116 Å². The van der Waals surface area contributed by atoms with Crippen molar-refractivity contribution in [2.45, 2.75) is 25.3 Å². The van der Waals surface area contributed by atoms with Crippen molar-refractivity contribution in [2.24, 2.45) is 0 Å². The summed E-state index contributed by atoms with van der Waals surface area (Å²) in [4.78, 5) is 23.7. The smallest absolute Gasteiger partial charge is 0.329 e. The molecule has 6 nitrogen and oxygen atoms in total. The summed E-state index contributed by atoms with van der Waals surface area (Å²) >= 11 is 0. The van der Waals surface area contributed by atoms with Gasteiger partial charge in [-0.3, -0.25) is 4.79 Å². The number of benzene rings is 1. The average Bonchev–Trinajstić information content (AvgIpc) is 2.42. The van der Waals surface area contributed by atoms with Gasteiger partial charge in [-0.2, -0.15) is 0 Å². The number of carbonyl (C=O) groups excluding carboxylic acids is 1. The Balaban J connectivity index is 2.20. The second-order valence-electron chi connectivity index (χ2n) is 5.03. The number of anilines is 1. The number of carbonyl (C=O) groups is 2. The molecule has 0 aliphatic carbocycles. The van der Waals surface area contributed by atoms with Crippen LogP contribution < -0.4 is 11.1 Å². The maximum absolute atomic E-state index is 12.2. The van der Waals surface area contributed by atoms with Crippen molar-refractivity contribution in [3.05, 3.63) is 29.3 Å². The Morgan fingerprint density at radius 2 is 2.00 bits per heavy atom. The largest absolute Gasteiger partial charge is 0.480 e. The summed E-state index contributed by atoms with van der Waals surface area (Å²) in [5, 5.41) is 12.0. The molecule has 0 unspecified atom stereocenters. The van der Waals surface area contributed by atoms with Crippen LogP contribution in [0.4, 0.5) is 5.69 Å². The van der Waals surface area contributed by atoms with E-state index < -0.39 is 17.4 Å². The first kappa shape index (κ1) is 14.3. The van der Waals surface area contributed by atoms with Crippen molar-refractivity contribution >= 4 is 17.6 Å². The highest BCUT2D eigenvalue weighted by Crippen LogP contribution is 2.22. The van der Waals surface area contributed by atoms with Gasteiger partial charge in [0, 0.05) is 37.3 Å². The number of nitrogens with two attached hydrogens (primary N) is 1. The van der Waals surface area contributed by atoms with E-state index in [9.17, 15) is 14.7 Å². The predicted molar refractivity (Wildman–Crippen MR) is 73.5 cm³/mol. The Hall–Kier alpha value is -2.08. The predicted octanol–water partition coefficient (Wildman–Crippen LogP) is 0.941. The van der Waals surface area contributed by atoms with Gasteiger partial charge in [0.1, 0.15) is 5.54 Å². The van der Waals surface area contributed by atoms with E-state index in [1.807, 2.05) is 0 Å². The molecule has 1 fully saturated rings. The zero-order chi connectivity index (χ0) is 14.8. The fraction of sp³-hybridized carbons (Fsp3) is 0.429. The highest BCUT2D eigenvalue weighted by Gasteiger charge is 2.41. The monoisotopic (exact) mass is 278 g/mol. The SMILES string of the molecule is Cc1cc(C(=O)NC2(C(=O)O)CCOCC2)ccc1N. The number of nitrogen functional groups attached to an aromatic ring is 1. The van der Waals surface area contributed by atoms with Gasteiger partial charge in [0.25, 0.3) is 5.91 Å². The summed E-state index contributed by atoms with van der Waals surface area (Å²) in [6.07, 6.45) is 0.532. The molecule has 1 aromatic carbocycles. The van der Waals surface area contributed by atoms with Crippen molar-refractivity contribution in [2.75, 3.05) is 18.9 Å². The van der Waals surface area contributed by atoms with Crippen molar-refractivity contribution in [3.63, 3.8) is 0 Å². The van der Waals surface area contributed by atoms with Crippen LogP contribution in [0.5, 0.6) is 0 Å². The normalized spacial score (nSPS) is 17.4. The molecule has 2 rings (SSSR count). The van der Waals surface area contributed by atoms with Crippen molar-refractivity contribution in [1.29, 1.82) is 0 Å². The van der Waals surface area contributed by atoms with Gasteiger partial charge >= 0.3 is 5.97 Å². The molecule has 1 aromatic rings. The third kappa shape index (κ3) is 2.75. The van der Waals surface area contributed by atoms with E-state index in [1.54, 1.807) is 25.1 Å². The number of rotatable bonds is 3. The number of aliphatic carboxylic acids is 1. The first-order valence-corrected chi connectivity index (χ1v) is 6.44. The van der Waals surface area contributed by atoms with Crippen LogP contribution in [0.3, 0.4) is 0 Å². The number of ether oxygens (including phenoxy) is 1. The third-order valence-electron chi connectivity index (χ3n) is 3.64. The Kier molecular flexibility index (Phi) is 3.94. The molecule has 0 radical (unpaired) electrons. The first-order chi connectivity index (χ1) is 9.44. The van der Waals surface area contributed by atoms with Crippen LogP contribution in [0, 0.1) is 6.92 Å². The number of carboxylic acids is 1. The fourth-order valence-corrected chi connectivity index (χ4v) is 2.22. The molecule has 0 bridgehead atoms. The quantitative estimate of drug-likeness (QED) is 0.714. The van der Waals surface area contributed by atoms with Gasteiger partial charge in [0.2, 0.25) is 0 Å². The fourth-order valence-electron chi connectivity index (χ4n) is 2.22. The van der Waals surface area contributed by atoms with E-state index in [4.69, 9.17) is 10.5 Å². The minimum atomic E-state index is -1.25. The molecule has 1 aliphatic heterocycles. The van der Waals surface area contributed by atoms with E-state index >= 15 is 0 Å². The summed E-state index contributed by atoms with van der Waals surface area (Å²) in [6, 6.07) is 4.88. The van der Waals surface area contributed by atoms with E-state index in [-0.39, 0.29) is 12.8 Å². The van der Waals surface area contributed by atoms with Crippen molar-refractivity contribution in [3.8, 4) is 0 Å². The lowest BCUT2D eigenvalue weighted by Crippen LogP contribution is -2.57. The molecule has 1 heterocycles. The second kappa shape index (κ2) is 5.50. The van der Waals surface area contributed by atoms with Crippen molar-refractivity contribution < 1.29 is 19.4 Å². The number of aryl methyl sites for hydroxylation is 1. The van der Waals surface area contributed by atoms with Crippen LogP contribution in [-0.4, -0.2) is 35.7 Å². The second-order valence-corrected chi connectivity index (χ2v) is 5.03. The van der Waals surface area contributed by atoms with Crippen LogP contribution >= 0.6 is 0 Å². The third-order valence-corrected chi connectivity index (χ3v) is 3.64. The van der Waals surface area contributed by atoms with Crippen LogP contribution in [0.1, 0.15) is 28.8 Å². The number of nitrogens with one attached hydrogen (secondary N) is 1. The lowest BCUT2D eigenvalue weighted by Gasteiger charge is -2.33. The number of amides is 1. The molecule has 0 spiro atoms. The van der Waals surface area contributed by atoms with E-state index in [0.29, 0.717) is 24.5 Å². The summed E-state index contributed by atoms with van der Waals surface area (Å²) < 4.78 is 5.17. The first-order valence-electron chi connectivity index (χ1n) is 6.44. The van der Waals surface area contributed by atoms with Crippen LogP contribution in [0.15, 0.2) is 18.2 Å². The summed E-state index contributed by atoms with van der Waals surface area (Å²) in [5.41, 5.74) is 6.25. The van der Waals surface area contributed by atoms with Gasteiger partial charge < -0.3 is 20.9 Å². The standard InChI is InChI=1S/C14H18N2O4/c1-9-8-10(2-3-11(9)15)12(17)16-14(13(18)19)4-6-20-7-5-14/h2-3,8H,4-7,15H2,1H3,(H,16,17)(H,18,19). The molecule has 108 valence electrons. The summed E-state index contributed by atoms with van der Waals surface area (Å²) in [6.45, 7) is 2.45. The maximum Gasteiger partial charge on any atom is 0.329 e. The van der Waals surface area contributed by atoms with Crippen LogP contribution in [0.2, 0.25) is 0 Å². The molecule has 6 heteroatoms. The molecule has 1 amide bonds. The summed E-state index contributed by atoms with van der Waals surface area (Å²) in [7, 11) is 0. The zero-order valence-corrected chi connectivity index (χ0v) is 11.3. The topological polar surface area (TPSA) is 102 Å². The van der Waals surface area contributed by atoms with Gasteiger partial charge in [-0.15, -0.1) is 0 Å². The van der Waals surface area contributed by atoms with Crippen LogP contribution in [0.25, 0.3) is 0 Å². The highest BCUT2D eigenvalue weighted by atomic mass is 16.5. The molecule has 20 heavy (non-hydrogen) atoms. The van der Waals surface area contributed by atoms with Crippen LogP contribution in [-0.2, 0) is 9.53 Å². The van der Waals surface area contributed by atoms with Gasteiger partial charge in [0.05, 0.1) is 0 Å². The van der Waals surface area contributed by atoms with Gasteiger partial charge in [-0.05, 0) is 30.7 Å². The molecule has 4 N–H and O–H groups in total. The number of carboxylic acid groups (broad SMARTS) is 1. The minimum Gasteiger partial charge on any atom is -0.480 e. The minimum absolute atomic E-state index is 0.266. The Morgan fingerprint density at radius 1 is 1.35 bits per heavy atom. The number of hydrogen-bond acceptors (Lipinski definition) is 4. The molecular weight excluding hydrogens is 260 g/mol. The van der Waals surface area contributed by atoms with Gasteiger partial charge in [-0.1, -0.05) is 0 Å². The van der Waals surface area contributed by atoms with Crippen molar-refractivity contribution in [1.82, 2.24) is 5.32 Å². The highest BCUT2D eigenvalue weighted by molar-refractivity contribution is 5.98. The average molecular weight is 278 g/mol. The molecule has 0 aromatic heterocycles. The lowest BCUT2D eigenvalue weighted by molar-refractivity contribution is -0.148. The van der Waals surface area contributed by atoms with E-state index in [1.165, 1.54) is 0 Å². The molecule has 1 aliphatic rings. The lowest BCUT2D eigenvalue weighted by atomic mass is 9.89. The zero-order valence-electron chi connectivity index (χ0n) is 11.3.